The number of halogens is 1. The monoisotopic (exact) mass is 509 g/mol. The summed E-state index contributed by atoms with van der Waals surface area (Å²) in [5.41, 5.74) is 6.81. The van der Waals surface area contributed by atoms with Crippen LogP contribution in [0.3, 0.4) is 0 Å². The molecule has 4 heterocycles. The van der Waals surface area contributed by atoms with Crippen molar-refractivity contribution in [1.82, 2.24) is 24.7 Å². The molecule has 0 aliphatic carbocycles. The summed E-state index contributed by atoms with van der Waals surface area (Å²) < 4.78 is 7.85. The average molecular weight is 510 g/mol. The van der Waals surface area contributed by atoms with Crippen molar-refractivity contribution >= 4 is 28.9 Å². The molecule has 2 aliphatic rings. The summed E-state index contributed by atoms with van der Waals surface area (Å²) in [5.74, 6) is 0. The Hall–Kier alpha value is -2.45. The van der Waals surface area contributed by atoms with Gasteiger partial charge in [0.15, 0.2) is 5.11 Å². The van der Waals surface area contributed by atoms with E-state index in [1.807, 2.05) is 30.5 Å². The molecule has 6 nitrogen and oxygen atoms in total. The smallest absolute Gasteiger partial charge is 0.170 e. The van der Waals surface area contributed by atoms with E-state index < -0.39 is 0 Å². The zero-order valence-electron chi connectivity index (χ0n) is 20.5. The normalized spacial score (nSPS) is 20.9. The Morgan fingerprint density at radius 2 is 1.89 bits per heavy atom. The van der Waals surface area contributed by atoms with Gasteiger partial charge in [0, 0.05) is 54.5 Å². The standard InChI is InChI=1S/C27H32ClN5OS/c1-18-17-21(20(3)33(18)24-9-6-7-22(28)19(24)2)26-25(23-8-4-5-10-29-23)30-27(35)32(26)12-11-31-13-15-34-16-14-31/h4-10,17,25-26H,11-16H2,1-3H3,(H,30,35)/t25-,26-/m1/s1. The Bertz CT molecular complexity index is 1210. The van der Waals surface area contributed by atoms with E-state index in [9.17, 15) is 0 Å². The molecule has 1 N–H and O–H groups in total. The van der Waals surface area contributed by atoms with Gasteiger partial charge in [0.1, 0.15) is 0 Å². The van der Waals surface area contributed by atoms with Crippen LogP contribution in [-0.4, -0.2) is 63.9 Å². The van der Waals surface area contributed by atoms with Crippen LogP contribution >= 0.6 is 23.8 Å². The number of aryl methyl sites for hydroxylation is 1. The molecule has 184 valence electrons. The average Bonchev–Trinajstić information content (AvgIpc) is 3.35. The molecule has 5 rings (SSSR count). The SMILES string of the molecule is Cc1c(Cl)cccc1-n1c(C)cc([C@@H]2[C@@H](c3ccccn3)NC(=S)N2CCN2CCOCC2)c1C. The number of morpholine rings is 1. The number of pyridine rings is 1. The van der Waals surface area contributed by atoms with Crippen LogP contribution in [0.2, 0.25) is 5.02 Å². The molecule has 1 aromatic carbocycles. The fourth-order valence-electron chi connectivity index (χ4n) is 5.35. The maximum atomic E-state index is 6.49. The van der Waals surface area contributed by atoms with E-state index in [2.05, 4.69) is 58.7 Å². The Morgan fingerprint density at radius 3 is 2.63 bits per heavy atom. The van der Waals surface area contributed by atoms with Gasteiger partial charge in [-0.15, -0.1) is 0 Å². The number of rotatable bonds is 6. The summed E-state index contributed by atoms with van der Waals surface area (Å²) in [4.78, 5) is 9.50. The molecule has 2 saturated heterocycles. The highest BCUT2D eigenvalue weighted by Crippen LogP contribution is 2.41. The van der Waals surface area contributed by atoms with Crippen molar-refractivity contribution in [2.75, 3.05) is 39.4 Å². The number of nitrogens with one attached hydrogen (secondary N) is 1. The van der Waals surface area contributed by atoms with E-state index in [4.69, 9.17) is 33.5 Å². The van der Waals surface area contributed by atoms with Gasteiger partial charge in [-0.2, -0.15) is 0 Å². The number of hydrogen-bond donors (Lipinski definition) is 1. The maximum Gasteiger partial charge on any atom is 0.170 e. The van der Waals surface area contributed by atoms with E-state index in [1.54, 1.807) is 0 Å². The quantitative estimate of drug-likeness (QED) is 0.484. The third-order valence-corrected chi connectivity index (χ3v) is 7.99. The molecule has 0 radical (unpaired) electrons. The third kappa shape index (κ3) is 4.70. The summed E-state index contributed by atoms with van der Waals surface area (Å²) in [7, 11) is 0. The van der Waals surface area contributed by atoms with Gasteiger partial charge in [-0.1, -0.05) is 23.7 Å². The highest BCUT2D eigenvalue weighted by Gasteiger charge is 2.41. The van der Waals surface area contributed by atoms with E-state index in [1.165, 1.54) is 17.0 Å². The minimum Gasteiger partial charge on any atom is -0.379 e. The first-order valence-corrected chi connectivity index (χ1v) is 13.0. The van der Waals surface area contributed by atoms with Gasteiger partial charge in [-0.25, -0.2) is 0 Å². The first-order valence-electron chi connectivity index (χ1n) is 12.2. The first kappa shape index (κ1) is 24.3. The first-order chi connectivity index (χ1) is 17.0. The largest absolute Gasteiger partial charge is 0.379 e. The van der Waals surface area contributed by atoms with Crippen LogP contribution in [-0.2, 0) is 4.74 Å². The number of ether oxygens (including phenoxy) is 1. The lowest BCUT2D eigenvalue weighted by atomic mass is 9.96. The van der Waals surface area contributed by atoms with Crippen molar-refractivity contribution in [3.63, 3.8) is 0 Å². The maximum absolute atomic E-state index is 6.49. The number of thiocarbonyl (C=S) groups is 1. The van der Waals surface area contributed by atoms with Crippen LogP contribution in [0, 0.1) is 20.8 Å². The Balaban J connectivity index is 1.55. The van der Waals surface area contributed by atoms with Crippen LogP contribution in [0.15, 0.2) is 48.7 Å². The highest BCUT2D eigenvalue weighted by molar-refractivity contribution is 7.80. The van der Waals surface area contributed by atoms with E-state index in [0.29, 0.717) is 0 Å². The highest BCUT2D eigenvalue weighted by atomic mass is 35.5. The van der Waals surface area contributed by atoms with Gasteiger partial charge in [-0.05, 0) is 74.4 Å². The summed E-state index contributed by atoms with van der Waals surface area (Å²) in [5, 5.41) is 5.15. The van der Waals surface area contributed by atoms with Gasteiger partial charge in [-0.3, -0.25) is 9.88 Å². The molecule has 2 fully saturated rings. The predicted octanol–water partition coefficient (Wildman–Crippen LogP) is 4.76. The lowest BCUT2D eigenvalue weighted by Gasteiger charge is -2.32. The Kier molecular flexibility index (Phi) is 7.12. The molecule has 0 unspecified atom stereocenters. The molecule has 2 aliphatic heterocycles. The predicted molar refractivity (Wildman–Crippen MR) is 144 cm³/mol. The van der Waals surface area contributed by atoms with Crippen molar-refractivity contribution in [2.24, 2.45) is 0 Å². The zero-order valence-corrected chi connectivity index (χ0v) is 22.1. The van der Waals surface area contributed by atoms with E-state index in [0.717, 1.165) is 66.5 Å². The molecule has 0 spiro atoms. The molecular formula is C27H32ClN5OS. The van der Waals surface area contributed by atoms with E-state index >= 15 is 0 Å². The van der Waals surface area contributed by atoms with Crippen LogP contribution in [0.25, 0.3) is 5.69 Å². The summed E-state index contributed by atoms with van der Waals surface area (Å²) in [6.45, 7) is 11.7. The topological polar surface area (TPSA) is 45.6 Å². The van der Waals surface area contributed by atoms with E-state index in [-0.39, 0.29) is 12.1 Å². The lowest BCUT2D eigenvalue weighted by molar-refractivity contribution is 0.0350. The van der Waals surface area contributed by atoms with Gasteiger partial charge in [0.2, 0.25) is 0 Å². The summed E-state index contributed by atoms with van der Waals surface area (Å²) in [6, 6.07) is 14.5. The molecular weight excluding hydrogens is 478 g/mol. The molecule has 2 atom stereocenters. The Morgan fingerprint density at radius 1 is 1.09 bits per heavy atom. The van der Waals surface area contributed by atoms with Crippen molar-refractivity contribution < 1.29 is 4.74 Å². The second kappa shape index (κ2) is 10.3. The van der Waals surface area contributed by atoms with Gasteiger partial charge in [0.05, 0.1) is 31.0 Å². The molecule has 0 amide bonds. The lowest BCUT2D eigenvalue weighted by Crippen LogP contribution is -2.42. The van der Waals surface area contributed by atoms with Gasteiger partial charge in [0.25, 0.3) is 0 Å². The van der Waals surface area contributed by atoms with Gasteiger partial charge >= 0.3 is 0 Å². The minimum absolute atomic E-state index is 0.0252. The second-order valence-electron chi connectivity index (χ2n) is 9.32. The fourth-order valence-corrected chi connectivity index (χ4v) is 5.86. The minimum atomic E-state index is -0.0252. The number of aromatic nitrogens is 2. The van der Waals surface area contributed by atoms with Crippen LogP contribution < -0.4 is 5.32 Å². The summed E-state index contributed by atoms with van der Waals surface area (Å²) >= 11 is 12.4. The molecule has 2 aromatic heterocycles. The van der Waals surface area contributed by atoms with Crippen LogP contribution in [0.5, 0.6) is 0 Å². The second-order valence-corrected chi connectivity index (χ2v) is 10.1. The van der Waals surface area contributed by atoms with Crippen molar-refractivity contribution in [3.05, 3.63) is 81.9 Å². The van der Waals surface area contributed by atoms with Crippen molar-refractivity contribution in [2.45, 2.75) is 32.9 Å². The number of nitrogens with zero attached hydrogens (tertiary/aromatic N) is 4. The van der Waals surface area contributed by atoms with Crippen molar-refractivity contribution in [1.29, 1.82) is 0 Å². The Labute approximate surface area is 217 Å². The number of hydrogen-bond acceptors (Lipinski definition) is 4. The molecule has 0 saturated carbocycles. The number of benzene rings is 1. The van der Waals surface area contributed by atoms with Crippen LogP contribution in [0.1, 0.15) is 40.3 Å². The van der Waals surface area contributed by atoms with Crippen molar-refractivity contribution in [3.8, 4) is 5.69 Å². The zero-order chi connectivity index (χ0) is 24.5. The van der Waals surface area contributed by atoms with Crippen LogP contribution in [0.4, 0.5) is 0 Å². The molecule has 35 heavy (non-hydrogen) atoms. The fraction of sp³-hybridized carbons (Fsp3) is 0.407. The van der Waals surface area contributed by atoms with Gasteiger partial charge < -0.3 is 19.5 Å². The molecule has 8 heteroatoms. The summed E-state index contributed by atoms with van der Waals surface area (Å²) in [6.07, 6.45) is 1.85. The molecule has 3 aromatic rings. The molecule has 0 bridgehead atoms. The third-order valence-electron chi connectivity index (χ3n) is 7.23.